The zero-order chi connectivity index (χ0) is 14.0. The highest BCUT2D eigenvalue weighted by atomic mass is 16.5. The minimum absolute atomic E-state index is 0.0534. The van der Waals surface area contributed by atoms with Gasteiger partial charge in [0, 0.05) is 13.1 Å². The molecule has 1 atom stereocenters. The van der Waals surface area contributed by atoms with Crippen molar-refractivity contribution in [2.75, 3.05) is 13.7 Å². The molecule has 1 aromatic rings. The summed E-state index contributed by atoms with van der Waals surface area (Å²) in [5, 5.41) is 0. The third-order valence-electron chi connectivity index (χ3n) is 4.15. The number of nitrogens with zero attached hydrogens (tertiary/aromatic N) is 1. The quantitative estimate of drug-likeness (QED) is 0.815. The van der Waals surface area contributed by atoms with Crippen LogP contribution >= 0.6 is 0 Å². The fraction of sp³-hybridized carbons (Fsp3) is 0.562. The highest BCUT2D eigenvalue weighted by Crippen LogP contribution is 2.34. The summed E-state index contributed by atoms with van der Waals surface area (Å²) in [5.41, 5.74) is 2.42. The SMILES string of the molecule is Cc1ccc(OCC(=O)N(C)C(C)C2CC2)cc1C. The van der Waals surface area contributed by atoms with Crippen molar-refractivity contribution in [1.29, 1.82) is 0 Å². The summed E-state index contributed by atoms with van der Waals surface area (Å²) in [6.45, 7) is 6.35. The number of hydrogen-bond acceptors (Lipinski definition) is 2. The molecule has 0 N–H and O–H groups in total. The lowest BCUT2D eigenvalue weighted by atomic mass is 10.1. The standard InChI is InChI=1S/C16H23NO2/c1-11-5-8-15(9-12(11)2)19-10-16(18)17(4)13(3)14-6-7-14/h5,8-9,13-14H,6-7,10H2,1-4H3. The molecule has 1 aromatic carbocycles. The molecule has 1 unspecified atom stereocenters. The second-order valence-electron chi connectivity index (χ2n) is 5.62. The molecular formula is C16H23NO2. The summed E-state index contributed by atoms with van der Waals surface area (Å²) in [5.74, 6) is 1.51. The number of benzene rings is 1. The smallest absolute Gasteiger partial charge is 0.260 e. The highest BCUT2D eigenvalue weighted by Gasteiger charge is 2.32. The number of ether oxygens (including phenoxy) is 1. The summed E-state index contributed by atoms with van der Waals surface area (Å²) in [6.07, 6.45) is 2.49. The monoisotopic (exact) mass is 261 g/mol. The van der Waals surface area contributed by atoms with Crippen LogP contribution in [0.3, 0.4) is 0 Å². The lowest BCUT2D eigenvalue weighted by Crippen LogP contribution is -2.39. The number of rotatable bonds is 5. The van der Waals surface area contributed by atoms with Gasteiger partial charge in [-0.1, -0.05) is 6.07 Å². The van der Waals surface area contributed by atoms with E-state index < -0.39 is 0 Å². The molecule has 0 heterocycles. The van der Waals surface area contributed by atoms with Crippen LogP contribution in [0.5, 0.6) is 5.75 Å². The maximum absolute atomic E-state index is 12.0. The zero-order valence-corrected chi connectivity index (χ0v) is 12.3. The molecule has 0 aliphatic heterocycles. The lowest BCUT2D eigenvalue weighted by molar-refractivity contribution is -0.134. The molecule has 19 heavy (non-hydrogen) atoms. The van der Waals surface area contributed by atoms with Crippen LogP contribution in [0, 0.1) is 19.8 Å². The van der Waals surface area contributed by atoms with Crippen molar-refractivity contribution in [3.8, 4) is 5.75 Å². The third kappa shape index (κ3) is 3.49. The average molecular weight is 261 g/mol. The molecule has 3 nitrogen and oxygen atoms in total. The van der Waals surface area contributed by atoms with E-state index in [1.54, 1.807) is 0 Å². The van der Waals surface area contributed by atoms with Gasteiger partial charge in [-0.2, -0.15) is 0 Å². The van der Waals surface area contributed by atoms with E-state index >= 15 is 0 Å². The van der Waals surface area contributed by atoms with Gasteiger partial charge in [-0.25, -0.2) is 0 Å². The molecule has 1 saturated carbocycles. The summed E-state index contributed by atoms with van der Waals surface area (Å²) in [7, 11) is 1.87. The van der Waals surface area contributed by atoms with Gasteiger partial charge in [-0.3, -0.25) is 4.79 Å². The van der Waals surface area contributed by atoms with Gasteiger partial charge >= 0.3 is 0 Å². The Morgan fingerprint density at radius 1 is 1.37 bits per heavy atom. The van der Waals surface area contributed by atoms with Crippen molar-refractivity contribution in [1.82, 2.24) is 4.90 Å². The largest absolute Gasteiger partial charge is 0.484 e. The Labute approximate surface area is 115 Å². The first kappa shape index (κ1) is 13.9. The van der Waals surface area contributed by atoms with Crippen molar-refractivity contribution in [3.63, 3.8) is 0 Å². The Kier molecular flexibility index (Phi) is 4.13. The predicted octanol–water partition coefficient (Wildman–Crippen LogP) is 2.94. The fourth-order valence-corrected chi connectivity index (χ4v) is 2.17. The van der Waals surface area contributed by atoms with E-state index in [1.807, 2.05) is 37.1 Å². The number of amides is 1. The van der Waals surface area contributed by atoms with Crippen molar-refractivity contribution in [3.05, 3.63) is 29.3 Å². The number of aryl methyl sites for hydroxylation is 2. The van der Waals surface area contributed by atoms with E-state index in [0.29, 0.717) is 12.0 Å². The molecule has 0 radical (unpaired) electrons. The summed E-state index contributed by atoms with van der Waals surface area (Å²) >= 11 is 0. The fourth-order valence-electron chi connectivity index (χ4n) is 2.17. The number of carbonyl (C=O) groups excluding carboxylic acids is 1. The molecule has 0 bridgehead atoms. The minimum Gasteiger partial charge on any atom is -0.484 e. The molecule has 1 fully saturated rings. The molecule has 0 aromatic heterocycles. The van der Waals surface area contributed by atoms with E-state index in [1.165, 1.54) is 24.0 Å². The first-order chi connectivity index (χ1) is 8.99. The van der Waals surface area contributed by atoms with Crippen LogP contribution in [-0.4, -0.2) is 30.5 Å². The zero-order valence-electron chi connectivity index (χ0n) is 12.3. The average Bonchev–Trinajstić information content (AvgIpc) is 3.22. The normalized spacial score (nSPS) is 16.0. The highest BCUT2D eigenvalue weighted by molar-refractivity contribution is 5.77. The van der Waals surface area contributed by atoms with E-state index in [2.05, 4.69) is 13.8 Å². The molecule has 104 valence electrons. The van der Waals surface area contributed by atoms with Crippen LogP contribution in [0.2, 0.25) is 0 Å². The Hall–Kier alpha value is -1.51. The summed E-state index contributed by atoms with van der Waals surface area (Å²) in [6, 6.07) is 6.24. The van der Waals surface area contributed by atoms with Gasteiger partial charge in [0.25, 0.3) is 5.91 Å². The molecular weight excluding hydrogens is 238 g/mol. The Morgan fingerprint density at radius 2 is 2.05 bits per heavy atom. The lowest BCUT2D eigenvalue weighted by Gasteiger charge is -2.24. The van der Waals surface area contributed by atoms with Crippen molar-refractivity contribution >= 4 is 5.91 Å². The van der Waals surface area contributed by atoms with Crippen LogP contribution < -0.4 is 4.74 Å². The van der Waals surface area contributed by atoms with Crippen molar-refractivity contribution < 1.29 is 9.53 Å². The predicted molar refractivity (Wildman–Crippen MR) is 76.4 cm³/mol. The van der Waals surface area contributed by atoms with E-state index in [0.717, 1.165) is 5.75 Å². The molecule has 1 aliphatic rings. The molecule has 0 spiro atoms. The maximum Gasteiger partial charge on any atom is 0.260 e. The number of carbonyl (C=O) groups is 1. The first-order valence-corrected chi connectivity index (χ1v) is 6.94. The van der Waals surface area contributed by atoms with E-state index in [4.69, 9.17) is 4.74 Å². The molecule has 1 aliphatic carbocycles. The van der Waals surface area contributed by atoms with Gasteiger partial charge in [-0.05, 0) is 62.8 Å². The van der Waals surface area contributed by atoms with Crippen LogP contribution in [0.4, 0.5) is 0 Å². The van der Waals surface area contributed by atoms with Gasteiger partial charge in [0.2, 0.25) is 0 Å². The molecule has 1 amide bonds. The summed E-state index contributed by atoms with van der Waals surface area (Å²) < 4.78 is 5.58. The molecule has 2 rings (SSSR count). The van der Waals surface area contributed by atoms with Crippen LogP contribution in [0.1, 0.15) is 30.9 Å². The Balaban J connectivity index is 1.86. The maximum atomic E-state index is 12.0. The van der Waals surface area contributed by atoms with E-state index in [-0.39, 0.29) is 12.5 Å². The number of hydrogen-bond donors (Lipinski definition) is 0. The van der Waals surface area contributed by atoms with E-state index in [9.17, 15) is 4.79 Å². The first-order valence-electron chi connectivity index (χ1n) is 6.94. The van der Waals surface area contributed by atoms with Gasteiger partial charge in [0.05, 0.1) is 0 Å². The number of likely N-dealkylation sites (N-methyl/N-ethyl adjacent to an activating group) is 1. The second kappa shape index (κ2) is 5.64. The van der Waals surface area contributed by atoms with Crippen LogP contribution in [-0.2, 0) is 4.79 Å². The molecule has 0 saturated heterocycles. The third-order valence-corrected chi connectivity index (χ3v) is 4.15. The van der Waals surface area contributed by atoms with Gasteiger partial charge in [-0.15, -0.1) is 0 Å². The van der Waals surface area contributed by atoms with Crippen LogP contribution in [0.15, 0.2) is 18.2 Å². The van der Waals surface area contributed by atoms with Crippen molar-refractivity contribution in [2.24, 2.45) is 5.92 Å². The molecule has 3 heteroatoms. The Morgan fingerprint density at radius 3 is 2.63 bits per heavy atom. The topological polar surface area (TPSA) is 29.5 Å². The van der Waals surface area contributed by atoms with Gasteiger partial charge < -0.3 is 9.64 Å². The second-order valence-corrected chi connectivity index (χ2v) is 5.62. The Bertz CT molecular complexity index is 466. The van der Waals surface area contributed by atoms with Gasteiger partial charge in [0.1, 0.15) is 5.75 Å². The van der Waals surface area contributed by atoms with Crippen molar-refractivity contribution in [2.45, 2.75) is 39.7 Å². The summed E-state index contributed by atoms with van der Waals surface area (Å²) in [4.78, 5) is 13.9. The van der Waals surface area contributed by atoms with Crippen LogP contribution in [0.25, 0.3) is 0 Å². The minimum atomic E-state index is 0.0534. The van der Waals surface area contributed by atoms with Gasteiger partial charge in [0.15, 0.2) is 6.61 Å².